The molecule has 3 rings (SSSR count). The number of carbonyl (C=O) groups is 1. The molecule has 0 bridgehead atoms. The molecule has 2 aliphatic rings. The van der Waals surface area contributed by atoms with E-state index in [4.69, 9.17) is 14.2 Å². The van der Waals surface area contributed by atoms with Crippen molar-refractivity contribution in [1.29, 1.82) is 0 Å². The highest BCUT2D eigenvalue weighted by Gasteiger charge is 2.26. The molecule has 1 N–H and O–H groups in total. The Bertz CT molecular complexity index is 712. The van der Waals surface area contributed by atoms with E-state index in [1.807, 2.05) is 12.2 Å². The second-order valence-electron chi connectivity index (χ2n) is 5.05. The van der Waals surface area contributed by atoms with Gasteiger partial charge in [0.1, 0.15) is 30.1 Å². The number of carboxylic acid groups (broad SMARTS) is 1. The number of allylic oxidation sites excluding steroid dienone is 3. The lowest BCUT2D eigenvalue weighted by molar-refractivity contribution is 0.0688. The van der Waals surface area contributed by atoms with Crippen LogP contribution in [0.15, 0.2) is 72.6 Å². The molecule has 1 heterocycles. The van der Waals surface area contributed by atoms with Gasteiger partial charge >= 0.3 is 5.97 Å². The highest BCUT2D eigenvalue weighted by Crippen LogP contribution is 2.29. The minimum atomic E-state index is -1.04. The van der Waals surface area contributed by atoms with Crippen molar-refractivity contribution >= 4 is 5.97 Å². The molecule has 23 heavy (non-hydrogen) atoms. The summed E-state index contributed by atoms with van der Waals surface area (Å²) >= 11 is 0. The first kappa shape index (κ1) is 15.0. The number of rotatable bonds is 5. The molecule has 1 atom stereocenters. The Morgan fingerprint density at radius 1 is 1.26 bits per heavy atom. The van der Waals surface area contributed by atoms with Crippen molar-refractivity contribution < 1.29 is 24.1 Å². The van der Waals surface area contributed by atoms with Crippen LogP contribution in [0.4, 0.5) is 0 Å². The molecule has 1 aromatic carbocycles. The van der Waals surface area contributed by atoms with Crippen molar-refractivity contribution in [1.82, 2.24) is 0 Å². The first-order chi connectivity index (χ1) is 11.3. The summed E-state index contributed by atoms with van der Waals surface area (Å²) in [6.07, 6.45) is 11.5. The molecular formula is C18H16O5. The van der Waals surface area contributed by atoms with Crippen molar-refractivity contribution in [3.63, 3.8) is 0 Å². The van der Waals surface area contributed by atoms with E-state index in [0.29, 0.717) is 11.5 Å². The Balaban J connectivity index is 1.93. The number of aromatic carboxylic acids is 1. The first-order valence-corrected chi connectivity index (χ1v) is 7.27. The van der Waals surface area contributed by atoms with E-state index in [1.54, 1.807) is 18.2 Å². The Morgan fingerprint density at radius 3 is 2.83 bits per heavy atom. The lowest BCUT2D eigenvalue weighted by Gasteiger charge is -2.25. The van der Waals surface area contributed by atoms with E-state index in [-0.39, 0.29) is 5.56 Å². The van der Waals surface area contributed by atoms with Gasteiger partial charge in [-0.3, -0.25) is 0 Å². The molecule has 5 nitrogen and oxygen atoms in total. The van der Waals surface area contributed by atoms with E-state index in [9.17, 15) is 9.90 Å². The molecule has 0 fully saturated rings. The number of para-hydroxylation sites is 1. The van der Waals surface area contributed by atoms with Crippen LogP contribution in [-0.4, -0.2) is 17.2 Å². The maximum absolute atomic E-state index is 11.4. The Labute approximate surface area is 133 Å². The zero-order chi connectivity index (χ0) is 16.1. The normalized spacial score (nSPS) is 17.4. The predicted octanol–water partition coefficient (Wildman–Crippen LogP) is 3.77. The van der Waals surface area contributed by atoms with E-state index in [0.717, 1.165) is 18.4 Å². The van der Waals surface area contributed by atoms with Gasteiger partial charge in [-0.1, -0.05) is 30.4 Å². The lowest BCUT2D eigenvalue weighted by atomic mass is 9.98. The quantitative estimate of drug-likeness (QED) is 0.896. The molecule has 1 aliphatic carbocycles. The number of benzene rings is 1. The van der Waals surface area contributed by atoms with Gasteiger partial charge in [0.15, 0.2) is 11.9 Å². The minimum Gasteiger partial charge on any atom is -0.478 e. The number of hydrogen-bond donors (Lipinski definition) is 1. The molecule has 0 aromatic heterocycles. The third-order valence-corrected chi connectivity index (χ3v) is 3.53. The highest BCUT2D eigenvalue weighted by molar-refractivity contribution is 5.90. The van der Waals surface area contributed by atoms with E-state index in [1.165, 1.54) is 24.9 Å². The molecule has 1 aromatic rings. The maximum atomic E-state index is 11.4. The lowest BCUT2D eigenvalue weighted by Crippen LogP contribution is -2.25. The molecule has 5 heteroatoms. The van der Waals surface area contributed by atoms with Gasteiger partial charge in [-0.05, 0) is 30.5 Å². The van der Waals surface area contributed by atoms with Gasteiger partial charge in [0.05, 0.1) is 0 Å². The summed E-state index contributed by atoms with van der Waals surface area (Å²) in [6, 6.07) is 6.54. The van der Waals surface area contributed by atoms with E-state index in [2.05, 4.69) is 6.08 Å². The number of hydrogen-bond acceptors (Lipinski definition) is 4. The minimum absolute atomic E-state index is 0.109. The average molecular weight is 312 g/mol. The van der Waals surface area contributed by atoms with Crippen molar-refractivity contribution in [2.24, 2.45) is 0 Å². The zero-order valence-corrected chi connectivity index (χ0v) is 12.3. The molecule has 0 saturated heterocycles. The van der Waals surface area contributed by atoms with Crippen LogP contribution in [0.2, 0.25) is 0 Å². The third kappa shape index (κ3) is 3.45. The molecule has 0 radical (unpaired) electrons. The molecule has 0 saturated carbocycles. The third-order valence-electron chi connectivity index (χ3n) is 3.53. The summed E-state index contributed by atoms with van der Waals surface area (Å²) in [6.45, 7) is 0. The largest absolute Gasteiger partial charge is 0.478 e. The van der Waals surface area contributed by atoms with Gasteiger partial charge in [-0.25, -0.2) is 4.79 Å². The van der Waals surface area contributed by atoms with Gasteiger partial charge in [0.2, 0.25) is 0 Å². The summed E-state index contributed by atoms with van der Waals surface area (Å²) in [5.74, 6) is -0.264. The Hall–Kier alpha value is -2.95. The van der Waals surface area contributed by atoms with Crippen molar-refractivity contribution in [2.45, 2.75) is 18.9 Å². The molecule has 0 spiro atoms. The van der Waals surface area contributed by atoms with Crippen LogP contribution in [0.1, 0.15) is 23.2 Å². The van der Waals surface area contributed by atoms with Crippen LogP contribution < -0.4 is 4.74 Å². The standard InChI is InChI=1S/C18H16O5/c19-18(20)14-8-4-5-9-15(14)23-17(13-6-2-1-3-7-13)16-12-21-10-11-22-16/h1-2,4-6,8-12,17H,3,7H2,(H,19,20). The van der Waals surface area contributed by atoms with Gasteiger partial charge in [0.25, 0.3) is 0 Å². The fraction of sp³-hybridized carbons (Fsp3) is 0.167. The fourth-order valence-corrected chi connectivity index (χ4v) is 2.43. The fourth-order valence-electron chi connectivity index (χ4n) is 2.43. The topological polar surface area (TPSA) is 65.0 Å². The number of ether oxygens (including phenoxy) is 3. The zero-order valence-electron chi connectivity index (χ0n) is 12.3. The smallest absolute Gasteiger partial charge is 0.339 e. The van der Waals surface area contributed by atoms with Crippen LogP contribution in [0.25, 0.3) is 0 Å². The van der Waals surface area contributed by atoms with Gasteiger partial charge in [-0.15, -0.1) is 0 Å². The van der Waals surface area contributed by atoms with E-state index >= 15 is 0 Å². The predicted molar refractivity (Wildman–Crippen MR) is 83.7 cm³/mol. The summed E-state index contributed by atoms with van der Waals surface area (Å²) in [5, 5.41) is 9.31. The van der Waals surface area contributed by atoms with E-state index < -0.39 is 12.1 Å². The summed E-state index contributed by atoms with van der Waals surface area (Å²) in [5.41, 5.74) is 1.11. The van der Waals surface area contributed by atoms with Crippen molar-refractivity contribution in [3.8, 4) is 5.75 Å². The second-order valence-corrected chi connectivity index (χ2v) is 5.05. The Kier molecular flexibility index (Phi) is 4.47. The van der Waals surface area contributed by atoms with Crippen molar-refractivity contribution in [3.05, 3.63) is 78.2 Å². The average Bonchev–Trinajstić information content (AvgIpc) is 2.61. The Morgan fingerprint density at radius 2 is 2.13 bits per heavy atom. The van der Waals surface area contributed by atoms with Gasteiger partial charge in [0, 0.05) is 0 Å². The summed E-state index contributed by atoms with van der Waals surface area (Å²) in [4.78, 5) is 11.4. The first-order valence-electron chi connectivity index (χ1n) is 7.27. The van der Waals surface area contributed by atoms with Crippen LogP contribution in [-0.2, 0) is 9.47 Å². The van der Waals surface area contributed by atoms with Gasteiger partial charge < -0.3 is 19.3 Å². The second kappa shape index (κ2) is 6.87. The molecular weight excluding hydrogens is 296 g/mol. The molecule has 1 aliphatic heterocycles. The van der Waals surface area contributed by atoms with Crippen LogP contribution >= 0.6 is 0 Å². The van der Waals surface area contributed by atoms with Crippen LogP contribution in [0, 0.1) is 0 Å². The van der Waals surface area contributed by atoms with Crippen LogP contribution in [0.5, 0.6) is 5.75 Å². The van der Waals surface area contributed by atoms with Gasteiger partial charge in [-0.2, -0.15) is 0 Å². The molecule has 1 unspecified atom stereocenters. The van der Waals surface area contributed by atoms with Crippen molar-refractivity contribution in [2.75, 3.05) is 0 Å². The summed E-state index contributed by atoms with van der Waals surface area (Å²) < 4.78 is 16.6. The van der Waals surface area contributed by atoms with Crippen LogP contribution in [0.3, 0.4) is 0 Å². The molecule has 0 amide bonds. The maximum Gasteiger partial charge on any atom is 0.339 e. The highest BCUT2D eigenvalue weighted by atomic mass is 16.6. The monoisotopic (exact) mass is 312 g/mol. The SMILES string of the molecule is O=C(O)c1ccccc1OC(C1=CC=CCC1)C1=COC=CO1. The summed E-state index contributed by atoms with van der Waals surface area (Å²) in [7, 11) is 0. The molecule has 118 valence electrons. The number of carboxylic acids is 1.